The third-order valence-electron chi connectivity index (χ3n) is 5.20. The Hall–Kier alpha value is -2.62. The Morgan fingerprint density at radius 2 is 1.08 bits per heavy atom. The highest BCUT2D eigenvalue weighted by Gasteiger charge is 2.43. The average Bonchev–Trinajstić information content (AvgIpc) is 3.54. The molecule has 0 spiro atoms. The van der Waals surface area contributed by atoms with Crippen LogP contribution in [0.4, 0.5) is 0 Å². The Bertz CT molecular complexity index is 753. The van der Waals surface area contributed by atoms with Gasteiger partial charge in [-0.25, -0.2) is 0 Å². The first-order chi connectivity index (χ1) is 12.7. The monoisotopic (exact) mass is 348 g/mol. The largest absolute Gasteiger partial charge is 0.507 e. The molecule has 4 heteroatoms. The Balaban J connectivity index is 1.57. The summed E-state index contributed by atoms with van der Waals surface area (Å²) in [4.78, 5) is 9.70. The lowest BCUT2D eigenvalue weighted by molar-refractivity contribution is 0.445. The zero-order valence-electron chi connectivity index (χ0n) is 14.7. The summed E-state index contributed by atoms with van der Waals surface area (Å²) in [6.45, 7) is 0. The van der Waals surface area contributed by atoms with Crippen LogP contribution >= 0.6 is 0 Å². The van der Waals surface area contributed by atoms with Gasteiger partial charge in [-0.05, 0) is 61.8 Å². The summed E-state index contributed by atoms with van der Waals surface area (Å²) < 4.78 is 0. The molecule has 0 radical (unpaired) electrons. The second kappa shape index (κ2) is 7.32. The second-order valence-corrected chi connectivity index (χ2v) is 7.33. The minimum atomic E-state index is 0.143. The van der Waals surface area contributed by atoms with Gasteiger partial charge < -0.3 is 10.2 Å². The molecule has 2 saturated carbocycles. The van der Waals surface area contributed by atoms with Gasteiger partial charge in [0.05, 0.1) is 12.1 Å². The fourth-order valence-electron chi connectivity index (χ4n) is 3.38. The quantitative estimate of drug-likeness (QED) is 0.737. The molecule has 0 aliphatic heterocycles. The lowest BCUT2D eigenvalue weighted by atomic mass is 9.99. The van der Waals surface area contributed by atoms with Crippen LogP contribution in [0.3, 0.4) is 0 Å². The number of rotatable bonds is 7. The van der Waals surface area contributed by atoms with Crippen LogP contribution in [-0.4, -0.2) is 34.7 Å². The van der Waals surface area contributed by atoms with E-state index in [2.05, 4.69) is 0 Å². The van der Waals surface area contributed by atoms with E-state index in [0.29, 0.717) is 11.8 Å². The zero-order chi connectivity index (χ0) is 17.9. The van der Waals surface area contributed by atoms with E-state index in [1.165, 1.54) is 25.7 Å². The number of hydrogen-bond donors (Lipinski definition) is 2. The Morgan fingerprint density at radius 1 is 0.692 bits per heavy atom. The molecule has 0 unspecified atom stereocenters. The maximum absolute atomic E-state index is 9.97. The summed E-state index contributed by atoms with van der Waals surface area (Å²) in [7, 11) is 0. The van der Waals surface area contributed by atoms with E-state index in [4.69, 9.17) is 9.98 Å². The summed E-state index contributed by atoms with van der Waals surface area (Å²) in [6.07, 6.45) is 8.36. The van der Waals surface area contributed by atoms with Crippen molar-refractivity contribution in [3.8, 4) is 11.5 Å². The Labute approximate surface area is 154 Å². The number of hydrogen-bond acceptors (Lipinski definition) is 4. The molecule has 2 fully saturated rings. The van der Waals surface area contributed by atoms with E-state index < -0.39 is 0 Å². The van der Waals surface area contributed by atoms with Crippen LogP contribution in [0, 0.1) is 11.8 Å². The molecule has 2 N–H and O–H groups in total. The Kier molecular flexibility index (Phi) is 4.74. The number of para-hydroxylation sites is 2. The number of phenolic OH excluding ortho intramolecular Hbond substituents is 2. The summed E-state index contributed by atoms with van der Waals surface area (Å²) >= 11 is 0. The normalized spacial score (nSPS) is 19.8. The number of phenols is 2. The number of benzene rings is 2. The van der Waals surface area contributed by atoms with Gasteiger partial charge in [0.15, 0.2) is 0 Å². The van der Waals surface area contributed by atoms with Gasteiger partial charge in [-0.2, -0.15) is 0 Å². The highest BCUT2D eigenvalue weighted by atomic mass is 16.3. The molecular formula is C22H24N2O2. The van der Waals surface area contributed by atoms with Crippen LogP contribution in [0.1, 0.15) is 36.8 Å². The molecule has 4 nitrogen and oxygen atoms in total. The molecule has 0 heterocycles. The van der Waals surface area contributed by atoms with Gasteiger partial charge in [0.2, 0.25) is 0 Å². The van der Waals surface area contributed by atoms with Crippen LogP contribution < -0.4 is 0 Å². The lowest BCUT2D eigenvalue weighted by Gasteiger charge is -2.20. The van der Waals surface area contributed by atoms with E-state index in [0.717, 1.165) is 11.1 Å². The molecular weight excluding hydrogens is 324 g/mol. The Morgan fingerprint density at radius 3 is 1.42 bits per heavy atom. The van der Waals surface area contributed by atoms with Crippen LogP contribution in [0.25, 0.3) is 0 Å². The van der Waals surface area contributed by atoms with E-state index in [1.54, 1.807) is 24.6 Å². The molecule has 2 aromatic carbocycles. The summed E-state index contributed by atoms with van der Waals surface area (Å²) in [5, 5.41) is 19.9. The van der Waals surface area contributed by atoms with E-state index in [-0.39, 0.29) is 23.6 Å². The van der Waals surface area contributed by atoms with E-state index in [9.17, 15) is 10.2 Å². The average molecular weight is 348 g/mol. The first-order valence-electron chi connectivity index (χ1n) is 9.35. The molecule has 134 valence electrons. The van der Waals surface area contributed by atoms with Gasteiger partial charge in [0.25, 0.3) is 0 Å². The van der Waals surface area contributed by atoms with Gasteiger partial charge in [-0.1, -0.05) is 24.3 Å². The van der Waals surface area contributed by atoms with Gasteiger partial charge >= 0.3 is 0 Å². The highest BCUT2D eigenvalue weighted by Crippen LogP contribution is 2.44. The molecule has 0 aromatic heterocycles. The van der Waals surface area contributed by atoms with Crippen molar-refractivity contribution in [1.82, 2.24) is 0 Å². The van der Waals surface area contributed by atoms with Gasteiger partial charge in [0, 0.05) is 23.6 Å². The van der Waals surface area contributed by atoms with Gasteiger partial charge in [-0.15, -0.1) is 0 Å². The van der Waals surface area contributed by atoms with Crippen molar-refractivity contribution in [2.45, 2.75) is 37.8 Å². The van der Waals surface area contributed by atoms with Crippen molar-refractivity contribution < 1.29 is 10.2 Å². The number of aromatic hydroxyl groups is 2. The van der Waals surface area contributed by atoms with Crippen molar-refractivity contribution in [3.05, 3.63) is 59.7 Å². The third kappa shape index (κ3) is 3.96. The predicted octanol–water partition coefficient (Wildman–Crippen LogP) is 4.19. The molecule has 26 heavy (non-hydrogen) atoms. The molecule has 2 aliphatic carbocycles. The maximum atomic E-state index is 9.97. The van der Waals surface area contributed by atoms with E-state index >= 15 is 0 Å². The molecule has 2 atom stereocenters. The summed E-state index contributed by atoms with van der Waals surface area (Å²) in [5.41, 5.74) is 1.50. The van der Waals surface area contributed by atoms with Crippen molar-refractivity contribution >= 4 is 12.4 Å². The zero-order valence-corrected chi connectivity index (χ0v) is 14.7. The molecule has 4 rings (SSSR count). The van der Waals surface area contributed by atoms with E-state index in [1.807, 2.05) is 36.4 Å². The predicted molar refractivity (Wildman–Crippen MR) is 104 cm³/mol. The smallest absolute Gasteiger partial charge is 0.124 e. The van der Waals surface area contributed by atoms with Crippen molar-refractivity contribution in [2.24, 2.45) is 21.8 Å². The summed E-state index contributed by atoms with van der Waals surface area (Å²) in [6, 6.07) is 14.8. The van der Waals surface area contributed by atoms with Crippen molar-refractivity contribution in [2.75, 3.05) is 0 Å². The van der Waals surface area contributed by atoms with Gasteiger partial charge in [-0.3, -0.25) is 9.98 Å². The molecule has 0 bridgehead atoms. The molecule has 2 aliphatic rings. The molecule has 0 saturated heterocycles. The van der Waals surface area contributed by atoms with Crippen LogP contribution in [0.15, 0.2) is 58.5 Å². The van der Waals surface area contributed by atoms with Crippen molar-refractivity contribution in [1.29, 1.82) is 0 Å². The van der Waals surface area contributed by atoms with Gasteiger partial charge in [0.1, 0.15) is 11.5 Å². The molecule has 2 aromatic rings. The minimum absolute atomic E-state index is 0.143. The van der Waals surface area contributed by atoms with Crippen LogP contribution in [-0.2, 0) is 0 Å². The fourth-order valence-corrected chi connectivity index (χ4v) is 3.38. The number of aliphatic imine (C=N–C) groups is 2. The van der Waals surface area contributed by atoms with Crippen LogP contribution in [0.2, 0.25) is 0 Å². The fraction of sp³-hybridized carbons (Fsp3) is 0.364. The minimum Gasteiger partial charge on any atom is -0.507 e. The highest BCUT2D eigenvalue weighted by molar-refractivity contribution is 5.84. The first-order valence-corrected chi connectivity index (χ1v) is 9.35. The standard InChI is InChI=1S/C22H24N2O2/c25-19-7-3-1-5-17(19)13-23-21(15-9-10-15)22(16-11-12-16)24-14-18-6-2-4-8-20(18)26/h1-8,13-16,21-22,25-26H,9-12H2/t21-,22-/m0/s1. The van der Waals surface area contributed by atoms with Crippen molar-refractivity contribution in [3.63, 3.8) is 0 Å². The topological polar surface area (TPSA) is 65.2 Å². The SMILES string of the molecule is Oc1ccccc1C=N[C@@H](C1CC1)[C@@H](N=Cc1ccccc1O)C1CC1. The summed E-state index contributed by atoms with van der Waals surface area (Å²) in [5.74, 6) is 1.66. The van der Waals surface area contributed by atoms with Crippen LogP contribution in [0.5, 0.6) is 11.5 Å². The number of nitrogens with zero attached hydrogens (tertiary/aromatic N) is 2. The first kappa shape index (κ1) is 16.8. The molecule has 0 amide bonds. The second-order valence-electron chi connectivity index (χ2n) is 7.33. The lowest BCUT2D eigenvalue weighted by Crippen LogP contribution is -2.27. The third-order valence-corrected chi connectivity index (χ3v) is 5.20. The maximum Gasteiger partial charge on any atom is 0.124 e.